The van der Waals surface area contributed by atoms with Gasteiger partial charge in [0.05, 0.1) is 12.4 Å². The van der Waals surface area contributed by atoms with Crippen molar-refractivity contribution in [3.8, 4) is 0 Å². The molecular formula is C8H16O. The van der Waals surface area contributed by atoms with Crippen molar-refractivity contribution in [1.82, 2.24) is 0 Å². The van der Waals surface area contributed by atoms with E-state index in [1.165, 1.54) is 0 Å². The van der Waals surface area contributed by atoms with Crippen LogP contribution in [-0.2, 0) is 4.74 Å². The number of rotatable bonds is 3. The van der Waals surface area contributed by atoms with Crippen LogP contribution in [0.25, 0.3) is 0 Å². The van der Waals surface area contributed by atoms with Gasteiger partial charge in [-0.2, -0.15) is 0 Å². The van der Waals surface area contributed by atoms with Crippen LogP contribution in [0, 0.1) is 5.92 Å². The molecule has 0 rings (SSSR count). The second-order valence-electron chi connectivity index (χ2n) is 2.28. The molecule has 0 saturated carbocycles. The zero-order valence-electron chi connectivity index (χ0n) is 6.77. The molecule has 0 atom stereocenters. The quantitative estimate of drug-likeness (QED) is 0.531. The van der Waals surface area contributed by atoms with Gasteiger partial charge in [0.25, 0.3) is 0 Å². The SMILES string of the molecule is CC=C(OCC)C(C)C. The Bertz CT molecular complexity index is 92.7. The normalized spacial score (nSPS) is 12.3. The van der Waals surface area contributed by atoms with E-state index in [1.807, 2.05) is 19.9 Å². The van der Waals surface area contributed by atoms with Crippen LogP contribution in [0.2, 0.25) is 0 Å². The highest BCUT2D eigenvalue weighted by molar-refractivity contribution is 4.93. The van der Waals surface area contributed by atoms with Gasteiger partial charge < -0.3 is 4.74 Å². The number of allylic oxidation sites excluding steroid dienone is 2. The van der Waals surface area contributed by atoms with Gasteiger partial charge in [-0.25, -0.2) is 0 Å². The molecule has 1 heteroatoms. The van der Waals surface area contributed by atoms with Crippen molar-refractivity contribution in [2.75, 3.05) is 6.61 Å². The first kappa shape index (κ1) is 8.54. The third kappa shape index (κ3) is 3.17. The highest BCUT2D eigenvalue weighted by Gasteiger charge is 1.99. The minimum Gasteiger partial charge on any atom is -0.498 e. The van der Waals surface area contributed by atoms with Crippen LogP contribution in [0.4, 0.5) is 0 Å². The fourth-order valence-electron chi connectivity index (χ4n) is 0.750. The molecule has 54 valence electrons. The molecule has 0 unspecified atom stereocenters. The van der Waals surface area contributed by atoms with Crippen LogP contribution >= 0.6 is 0 Å². The molecule has 0 aromatic carbocycles. The lowest BCUT2D eigenvalue weighted by atomic mass is 10.2. The molecule has 0 aliphatic carbocycles. The largest absolute Gasteiger partial charge is 0.498 e. The molecule has 0 amide bonds. The lowest BCUT2D eigenvalue weighted by Gasteiger charge is -2.10. The molecule has 0 radical (unpaired) electrons. The molecule has 0 saturated heterocycles. The molecule has 0 aromatic heterocycles. The molecule has 0 aliphatic heterocycles. The van der Waals surface area contributed by atoms with Gasteiger partial charge in [-0.1, -0.05) is 13.8 Å². The summed E-state index contributed by atoms with van der Waals surface area (Å²) in [6.07, 6.45) is 2.02. The van der Waals surface area contributed by atoms with Gasteiger partial charge in [-0.05, 0) is 19.9 Å². The van der Waals surface area contributed by atoms with Crippen molar-refractivity contribution in [2.24, 2.45) is 5.92 Å². The third-order valence-electron chi connectivity index (χ3n) is 1.16. The smallest absolute Gasteiger partial charge is 0.0942 e. The van der Waals surface area contributed by atoms with Crippen LogP contribution in [-0.4, -0.2) is 6.61 Å². The molecule has 0 aromatic rings. The van der Waals surface area contributed by atoms with E-state index in [0.717, 1.165) is 12.4 Å². The van der Waals surface area contributed by atoms with E-state index >= 15 is 0 Å². The van der Waals surface area contributed by atoms with Gasteiger partial charge >= 0.3 is 0 Å². The molecule has 0 bridgehead atoms. The second kappa shape index (κ2) is 4.42. The Hall–Kier alpha value is -0.460. The van der Waals surface area contributed by atoms with E-state index in [9.17, 15) is 0 Å². The summed E-state index contributed by atoms with van der Waals surface area (Å²) in [4.78, 5) is 0. The monoisotopic (exact) mass is 128 g/mol. The maximum absolute atomic E-state index is 5.31. The van der Waals surface area contributed by atoms with E-state index in [4.69, 9.17) is 4.74 Å². The lowest BCUT2D eigenvalue weighted by Crippen LogP contribution is -1.98. The number of hydrogen-bond acceptors (Lipinski definition) is 1. The summed E-state index contributed by atoms with van der Waals surface area (Å²) in [7, 11) is 0. The molecule has 0 heterocycles. The first-order valence-electron chi connectivity index (χ1n) is 3.51. The van der Waals surface area contributed by atoms with Crippen molar-refractivity contribution in [3.05, 3.63) is 11.8 Å². The van der Waals surface area contributed by atoms with Crippen molar-refractivity contribution in [3.63, 3.8) is 0 Å². The first-order valence-corrected chi connectivity index (χ1v) is 3.51. The van der Waals surface area contributed by atoms with Crippen LogP contribution in [0.1, 0.15) is 27.7 Å². The molecule has 1 nitrogen and oxygen atoms in total. The molecular weight excluding hydrogens is 112 g/mol. The van der Waals surface area contributed by atoms with Gasteiger partial charge in [0.1, 0.15) is 0 Å². The summed E-state index contributed by atoms with van der Waals surface area (Å²) >= 11 is 0. The van der Waals surface area contributed by atoms with Crippen molar-refractivity contribution < 1.29 is 4.74 Å². The van der Waals surface area contributed by atoms with Gasteiger partial charge in [0, 0.05) is 5.92 Å². The van der Waals surface area contributed by atoms with E-state index in [2.05, 4.69) is 13.8 Å². The first-order chi connectivity index (χ1) is 4.22. The number of ether oxygens (including phenoxy) is 1. The summed E-state index contributed by atoms with van der Waals surface area (Å²) in [6.45, 7) is 9.05. The molecule has 0 aliphatic rings. The predicted molar refractivity (Wildman–Crippen MR) is 40.2 cm³/mol. The van der Waals surface area contributed by atoms with Crippen LogP contribution in [0.3, 0.4) is 0 Å². The van der Waals surface area contributed by atoms with Crippen molar-refractivity contribution in [1.29, 1.82) is 0 Å². The Morgan fingerprint density at radius 2 is 2.11 bits per heavy atom. The topological polar surface area (TPSA) is 9.23 Å². The highest BCUT2D eigenvalue weighted by Crippen LogP contribution is 2.09. The average Bonchev–Trinajstić information content (AvgIpc) is 1.82. The van der Waals surface area contributed by atoms with Gasteiger partial charge in [0.2, 0.25) is 0 Å². The number of hydrogen-bond donors (Lipinski definition) is 0. The zero-order valence-corrected chi connectivity index (χ0v) is 6.77. The average molecular weight is 128 g/mol. The second-order valence-corrected chi connectivity index (χ2v) is 2.28. The minimum atomic E-state index is 0.523. The van der Waals surface area contributed by atoms with E-state index in [-0.39, 0.29) is 0 Å². The Kier molecular flexibility index (Phi) is 4.20. The van der Waals surface area contributed by atoms with E-state index in [1.54, 1.807) is 0 Å². The summed E-state index contributed by atoms with van der Waals surface area (Å²) in [5.41, 5.74) is 0. The Labute approximate surface area is 57.7 Å². The fourth-order valence-corrected chi connectivity index (χ4v) is 0.750. The standard InChI is InChI=1S/C8H16O/c1-5-8(7(3)4)9-6-2/h5,7H,6H2,1-4H3. The summed E-state index contributed by atoms with van der Waals surface area (Å²) in [5, 5.41) is 0. The highest BCUT2D eigenvalue weighted by atomic mass is 16.5. The fraction of sp³-hybridized carbons (Fsp3) is 0.750. The molecule has 0 N–H and O–H groups in total. The minimum absolute atomic E-state index is 0.523. The van der Waals surface area contributed by atoms with E-state index < -0.39 is 0 Å². The van der Waals surface area contributed by atoms with Gasteiger partial charge in [-0.3, -0.25) is 0 Å². The summed E-state index contributed by atoms with van der Waals surface area (Å²) < 4.78 is 5.31. The predicted octanol–water partition coefficient (Wildman–Crippen LogP) is 2.58. The molecule has 0 spiro atoms. The Morgan fingerprint density at radius 3 is 2.22 bits per heavy atom. The van der Waals surface area contributed by atoms with E-state index in [0.29, 0.717) is 5.92 Å². The molecule has 0 fully saturated rings. The van der Waals surface area contributed by atoms with Crippen LogP contribution in [0.15, 0.2) is 11.8 Å². The maximum atomic E-state index is 5.31. The van der Waals surface area contributed by atoms with Crippen LogP contribution in [0.5, 0.6) is 0 Å². The maximum Gasteiger partial charge on any atom is 0.0942 e. The Balaban J connectivity index is 3.70. The third-order valence-corrected chi connectivity index (χ3v) is 1.16. The summed E-state index contributed by atoms with van der Waals surface area (Å²) in [6, 6.07) is 0. The van der Waals surface area contributed by atoms with Crippen LogP contribution < -0.4 is 0 Å². The van der Waals surface area contributed by atoms with Crippen molar-refractivity contribution >= 4 is 0 Å². The zero-order chi connectivity index (χ0) is 7.28. The van der Waals surface area contributed by atoms with Gasteiger partial charge in [0.15, 0.2) is 0 Å². The summed E-state index contributed by atoms with van der Waals surface area (Å²) in [5.74, 6) is 1.62. The lowest BCUT2D eigenvalue weighted by molar-refractivity contribution is 0.199. The van der Waals surface area contributed by atoms with Gasteiger partial charge in [-0.15, -0.1) is 0 Å². The van der Waals surface area contributed by atoms with Crippen molar-refractivity contribution in [2.45, 2.75) is 27.7 Å². The molecule has 9 heavy (non-hydrogen) atoms. The Morgan fingerprint density at radius 1 is 1.56 bits per heavy atom.